The maximum absolute atomic E-state index is 13.7. The number of aromatic nitrogens is 1. The molecular formula is C15H11F2N3O2S. The van der Waals surface area contributed by atoms with Crippen LogP contribution in [0.4, 0.5) is 13.9 Å². The number of carbonyl (C=O) groups excluding carboxylic acids is 1. The number of ether oxygens (including phenoxy) is 1. The Morgan fingerprint density at radius 1 is 1.52 bits per heavy atom. The highest BCUT2D eigenvalue weighted by molar-refractivity contribution is 7.14. The van der Waals surface area contributed by atoms with Gasteiger partial charge in [-0.05, 0) is 25.1 Å². The fourth-order valence-corrected chi connectivity index (χ4v) is 2.32. The molecule has 0 fully saturated rings. The van der Waals surface area contributed by atoms with Crippen LogP contribution in [0, 0.1) is 23.0 Å². The molecular weight excluding hydrogens is 324 g/mol. The van der Waals surface area contributed by atoms with Gasteiger partial charge in [0.15, 0.2) is 10.7 Å². The maximum atomic E-state index is 13.7. The fraction of sp³-hybridized carbons (Fsp3) is 0.133. The summed E-state index contributed by atoms with van der Waals surface area (Å²) in [5.74, 6) is -1.92. The van der Waals surface area contributed by atoms with Gasteiger partial charge in [0, 0.05) is 17.1 Å². The zero-order valence-corrected chi connectivity index (χ0v) is 12.8. The second kappa shape index (κ2) is 7.47. The summed E-state index contributed by atoms with van der Waals surface area (Å²) >= 11 is 1.12. The van der Waals surface area contributed by atoms with Crippen molar-refractivity contribution in [2.75, 3.05) is 11.9 Å². The Morgan fingerprint density at radius 3 is 3.00 bits per heavy atom. The largest absolute Gasteiger partial charge is 0.462 e. The summed E-state index contributed by atoms with van der Waals surface area (Å²) in [4.78, 5) is 15.5. The van der Waals surface area contributed by atoms with Crippen molar-refractivity contribution in [2.24, 2.45) is 0 Å². The lowest BCUT2D eigenvalue weighted by Crippen LogP contribution is -2.07. The molecule has 1 aromatic carbocycles. The number of hydrogen-bond acceptors (Lipinski definition) is 6. The van der Waals surface area contributed by atoms with Gasteiger partial charge in [-0.3, -0.25) is 0 Å². The zero-order valence-electron chi connectivity index (χ0n) is 12.0. The van der Waals surface area contributed by atoms with E-state index < -0.39 is 17.6 Å². The highest BCUT2D eigenvalue weighted by Crippen LogP contribution is 2.27. The van der Waals surface area contributed by atoms with Crippen molar-refractivity contribution in [3.63, 3.8) is 0 Å². The van der Waals surface area contributed by atoms with Crippen LogP contribution in [0.2, 0.25) is 0 Å². The van der Waals surface area contributed by atoms with Crippen molar-refractivity contribution in [1.82, 2.24) is 4.98 Å². The van der Waals surface area contributed by atoms with E-state index in [1.807, 2.05) is 0 Å². The number of halogens is 2. The number of nitrogens with one attached hydrogen (secondary N) is 1. The number of thiazole rings is 1. The minimum Gasteiger partial charge on any atom is -0.462 e. The van der Waals surface area contributed by atoms with E-state index in [1.165, 1.54) is 5.38 Å². The van der Waals surface area contributed by atoms with Crippen molar-refractivity contribution in [3.05, 3.63) is 47.0 Å². The normalized spacial score (nSPS) is 11.0. The van der Waals surface area contributed by atoms with Gasteiger partial charge in [0.1, 0.15) is 17.7 Å². The Labute approximate surface area is 134 Å². The van der Waals surface area contributed by atoms with Crippen LogP contribution in [-0.4, -0.2) is 17.6 Å². The zero-order chi connectivity index (χ0) is 16.8. The van der Waals surface area contributed by atoms with Gasteiger partial charge in [0.05, 0.1) is 12.3 Å². The van der Waals surface area contributed by atoms with Crippen molar-refractivity contribution < 1.29 is 18.3 Å². The van der Waals surface area contributed by atoms with Gasteiger partial charge in [-0.1, -0.05) is 0 Å². The first-order valence-electron chi connectivity index (χ1n) is 6.50. The molecule has 1 heterocycles. The molecule has 2 rings (SSSR count). The molecule has 0 radical (unpaired) electrons. The molecule has 0 spiro atoms. The number of nitriles is 1. The van der Waals surface area contributed by atoms with E-state index in [0.717, 1.165) is 35.7 Å². The summed E-state index contributed by atoms with van der Waals surface area (Å²) in [6.45, 7) is 1.78. The average molecular weight is 335 g/mol. The topological polar surface area (TPSA) is 75.0 Å². The first kappa shape index (κ1) is 16.6. The van der Waals surface area contributed by atoms with Crippen LogP contribution in [0.15, 0.2) is 35.4 Å². The molecule has 5 nitrogen and oxygen atoms in total. The van der Waals surface area contributed by atoms with Crippen LogP contribution in [0.3, 0.4) is 0 Å². The second-order valence-corrected chi connectivity index (χ2v) is 5.05. The van der Waals surface area contributed by atoms with E-state index in [2.05, 4.69) is 10.3 Å². The molecule has 23 heavy (non-hydrogen) atoms. The molecule has 0 aliphatic carbocycles. The lowest BCUT2D eigenvalue weighted by Gasteiger charge is -2.00. The van der Waals surface area contributed by atoms with Gasteiger partial charge >= 0.3 is 5.97 Å². The second-order valence-electron chi connectivity index (χ2n) is 4.20. The Balaban J connectivity index is 2.18. The number of rotatable bonds is 5. The number of anilines is 1. The SMILES string of the molecule is CCOC(=O)/C(C#N)=C/Nc1nc(-c2cc(F)ccc2F)cs1. The third kappa shape index (κ3) is 4.11. The molecule has 2 aromatic rings. The summed E-state index contributed by atoms with van der Waals surface area (Å²) in [5, 5.41) is 13.4. The molecule has 118 valence electrons. The Kier molecular flexibility index (Phi) is 5.38. The molecule has 0 aliphatic rings. The number of carbonyl (C=O) groups is 1. The molecule has 0 aliphatic heterocycles. The molecule has 0 amide bonds. The third-order valence-electron chi connectivity index (χ3n) is 2.66. The predicted molar refractivity (Wildman–Crippen MR) is 81.4 cm³/mol. The van der Waals surface area contributed by atoms with Crippen LogP contribution in [0.5, 0.6) is 0 Å². The minimum absolute atomic E-state index is 0.0316. The van der Waals surface area contributed by atoms with Crippen molar-refractivity contribution >= 4 is 22.4 Å². The summed E-state index contributed by atoms with van der Waals surface area (Å²) < 4.78 is 31.6. The highest BCUT2D eigenvalue weighted by atomic mass is 32.1. The smallest absolute Gasteiger partial charge is 0.350 e. The molecule has 0 atom stereocenters. The van der Waals surface area contributed by atoms with E-state index in [4.69, 9.17) is 10.00 Å². The van der Waals surface area contributed by atoms with Crippen LogP contribution in [-0.2, 0) is 9.53 Å². The predicted octanol–water partition coefficient (Wildman–Crippen LogP) is 3.47. The van der Waals surface area contributed by atoms with Gasteiger partial charge in [-0.15, -0.1) is 11.3 Å². The average Bonchev–Trinajstić information content (AvgIpc) is 2.99. The van der Waals surface area contributed by atoms with Crippen molar-refractivity contribution in [1.29, 1.82) is 5.26 Å². The molecule has 0 unspecified atom stereocenters. The first-order valence-corrected chi connectivity index (χ1v) is 7.38. The lowest BCUT2D eigenvalue weighted by atomic mass is 10.1. The quantitative estimate of drug-likeness (QED) is 0.514. The molecule has 0 bridgehead atoms. The van der Waals surface area contributed by atoms with E-state index in [-0.39, 0.29) is 23.4 Å². The molecule has 0 saturated carbocycles. The lowest BCUT2D eigenvalue weighted by molar-refractivity contribution is -0.138. The van der Waals surface area contributed by atoms with Crippen LogP contribution < -0.4 is 5.32 Å². The monoisotopic (exact) mass is 335 g/mol. The van der Waals surface area contributed by atoms with E-state index in [0.29, 0.717) is 5.13 Å². The van der Waals surface area contributed by atoms with Crippen LogP contribution in [0.25, 0.3) is 11.3 Å². The number of benzene rings is 1. The molecule has 0 saturated heterocycles. The fourth-order valence-electron chi connectivity index (χ4n) is 1.64. The summed E-state index contributed by atoms with van der Waals surface area (Å²) in [5.41, 5.74) is 0.0576. The van der Waals surface area contributed by atoms with Crippen LogP contribution in [0.1, 0.15) is 6.92 Å². The Hall–Kier alpha value is -2.79. The third-order valence-corrected chi connectivity index (χ3v) is 3.44. The van der Waals surface area contributed by atoms with Crippen molar-refractivity contribution in [2.45, 2.75) is 6.92 Å². The Bertz CT molecular complexity index is 796. The van der Waals surface area contributed by atoms with Gasteiger partial charge in [0.25, 0.3) is 0 Å². The highest BCUT2D eigenvalue weighted by Gasteiger charge is 2.12. The van der Waals surface area contributed by atoms with Gasteiger partial charge in [0.2, 0.25) is 0 Å². The van der Waals surface area contributed by atoms with E-state index >= 15 is 0 Å². The summed E-state index contributed by atoms with van der Waals surface area (Å²) in [6, 6.07) is 4.79. The van der Waals surface area contributed by atoms with Gasteiger partial charge in [-0.2, -0.15) is 5.26 Å². The minimum atomic E-state index is -0.754. The standard InChI is InChI=1S/C15H11F2N3O2S/c1-2-22-14(21)9(6-18)7-19-15-20-13(8-23-15)11-5-10(16)3-4-12(11)17/h3-5,7-8H,2H2,1H3,(H,19,20)/b9-7+. The summed E-state index contributed by atoms with van der Waals surface area (Å²) in [7, 11) is 0. The van der Waals surface area contributed by atoms with Gasteiger partial charge in [-0.25, -0.2) is 18.6 Å². The van der Waals surface area contributed by atoms with E-state index in [1.54, 1.807) is 13.0 Å². The van der Waals surface area contributed by atoms with Crippen molar-refractivity contribution in [3.8, 4) is 17.3 Å². The van der Waals surface area contributed by atoms with Gasteiger partial charge < -0.3 is 10.1 Å². The van der Waals surface area contributed by atoms with E-state index in [9.17, 15) is 13.6 Å². The maximum Gasteiger partial charge on any atom is 0.350 e. The molecule has 1 N–H and O–H groups in total. The number of hydrogen-bond donors (Lipinski definition) is 1. The first-order chi connectivity index (χ1) is 11.0. The molecule has 8 heteroatoms. The summed E-state index contributed by atoms with van der Waals surface area (Å²) in [6.07, 6.45) is 1.16. The number of nitrogens with zero attached hydrogens (tertiary/aromatic N) is 2. The number of esters is 1. The Morgan fingerprint density at radius 2 is 2.30 bits per heavy atom. The molecule has 1 aromatic heterocycles. The van der Waals surface area contributed by atoms with Crippen LogP contribution >= 0.6 is 11.3 Å².